The molecule has 0 fully saturated rings. The van der Waals surface area contributed by atoms with Crippen LogP contribution in [0.15, 0.2) is 12.2 Å². The molecule has 60 valence electrons. The van der Waals surface area contributed by atoms with Gasteiger partial charge in [0, 0.05) is 12.2 Å². The average molecular weight is 152 g/mol. The first-order valence-electron chi connectivity index (χ1n) is 1.77. The predicted octanol–water partition coefficient (Wildman–Crippen LogP) is -1.94. The fraction of sp³-hybridized carbons (Fsp3) is 0. The Hall–Kier alpha value is -1.40. The van der Waals surface area contributed by atoms with Crippen molar-refractivity contribution in [2.24, 2.45) is 0 Å². The fourth-order valence-electron chi connectivity index (χ4n) is 0.143. The van der Waals surface area contributed by atoms with Crippen molar-refractivity contribution in [2.75, 3.05) is 0 Å². The summed E-state index contributed by atoms with van der Waals surface area (Å²) in [7, 11) is 0. The van der Waals surface area contributed by atoms with E-state index in [1.165, 1.54) is 0 Å². The third-order valence-corrected chi connectivity index (χ3v) is 0.368. The van der Waals surface area contributed by atoms with Gasteiger partial charge < -0.3 is 21.2 Å². The van der Waals surface area contributed by atoms with Crippen LogP contribution in [0.3, 0.4) is 0 Å². The molecule has 0 atom stereocenters. The fourth-order valence-corrected chi connectivity index (χ4v) is 0.143. The molecule has 6 heteroatoms. The molecular weight excluding hydrogens is 144 g/mol. The number of carbonyl (C=O) groups is 2. The Balaban J connectivity index is -0.000000245. The van der Waals surface area contributed by atoms with Gasteiger partial charge in [0.2, 0.25) is 0 Å². The van der Waals surface area contributed by atoms with Crippen LogP contribution in [0.4, 0.5) is 0 Å². The number of carboxylic acids is 2. The van der Waals surface area contributed by atoms with Gasteiger partial charge in [0.05, 0.1) is 0 Å². The van der Waals surface area contributed by atoms with Gasteiger partial charge >= 0.3 is 11.9 Å². The number of hydrogen-bond donors (Lipinski definition) is 2. The molecule has 0 aromatic rings. The van der Waals surface area contributed by atoms with Crippen LogP contribution in [-0.2, 0) is 9.59 Å². The van der Waals surface area contributed by atoms with Gasteiger partial charge in [-0.15, -0.1) is 0 Å². The molecule has 0 radical (unpaired) electrons. The lowest BCUT2D eigenvalue weighted by atomic mass is 10.5. The molecule has 0 rings (SSSR count). The molecule has 0 aliphatic heterocycles. The van der Waals surface area contributed by atoms with Crippen LogP contribution in [0.2, 0.25) is 0 Å². The lowest BCUT2D eigenvalue weighted by Gasteiger charge is -1.74. The molecule has 0 spiro atoms. The Morgan fingerprint density at radius 1 is 0.900 bits per heavy atom. The maximum atomic E-state index is 9.55. The lowest BCUT2D eigenvalue weighted by Crippen LogP contribution is -1.91. The third kappa shape index (κ3) is 16.0. The molecule has 0 aromatic carbocycles. The van der Waals surface area contributed by atoms with Crippen LogP contribution >= 0.6 is 0 Å². The molecule has 10 heavy (non-hydrogen) atoms. The average Bonchev–Trinajstić information content (AvgIpc) is 1.61. The van der Waals surface area contributed by atoms with E-state index >= 15 is 0 Å². The van der Waals surface area contributed by atoms with Gasteiger partial charge in [-0.3, -0.25) is 0 Å². The van der Waals surface area contributed by atoms with Crippen LogP contribution < -0.4 is 0 Å². The van der Waals surface area contributed by atoms with Crippen molar-refractivity contribution in [1.29, 1.82) is 0 Å². The summed E-state index contributed by atoms with van der Waals surface area (Å²) >= 11 is 0. The van der Waals surface area contributed by atoms with E-state index in [1.54, 1.807) is 0 Å². The second-order valence-corrected chi connectivity index (χ2v) is 1.01. The molecule has 0 saturated carbocycles. The van der Waals surface area contributed by atoms with Crippen molar-refractivity contribution >= 4 is 11.9 Å². The van der Waals surface area contributed by atoms with Crippen molar-refractivity contribution in [3.05, 3.63) is 12.2 Å². The van der Waals surface area contributed by atoms with Gasteiger partial charge in [0.1, 0.15) is 0 Å². The SMILES string of the molecule is O.O.O=C(O)/C=C\C(=O)O. The van der Waals surface area contributed by atoms with E-state index in [-0.39, 0.29) is 11.0 Å². The molecular formula is C4H8O6. The third-order valence-electron chi connectivity index (χ3n) is 0.368. The number of rotatable bonds is 2. The van der Waals surface area contributed by atoms with Crippen LogP contribution in [0, 0.1) is 0 Å². The van der Waals surface area contributed by atoms with Crippen LogP contribution in [0.5, 0.6) is 0 Å². The summed E-state index contributed by atoms with van der Waals surface area (Å²) < 4.78 is 0. The predicted molar refractivity (Wildman–Crippen MR) is 31.6 cm³/mol. The summed E-state index contributed by atoms with van der Waals surface area (Å²) in [4.78, 5) is 19.1. The summed E-state index contributed by atoms with van der Waals surface area (Å²) in [6, 6.07) is 0. The van der Waals surface area contributed by atoms with E-state index < -0.39 is 11.9 Å². The number of hydrogen-bond acceptors (Lipinski definition) is 2. The quantitative estimate of drug-likeness (QED) is 0.444. The molecule has 6 N–H and O–H groups in total. The van der Waals surface area contributed by atoms with E-state index in [1.807, 2.05) is 0 Å². The minimum absolute atomic E-state index is 0. The summed E-state index contributed by atoms with van der Waals surface area (Å²) in [6.07, 6.45) is 1.12. The molecule has 0 amide bonds. The summed E-state index contributed by atoms with van der Waals surface area (Å²) in [5, 5.41) is 15.6. The molecule has 6 nitrogen and oxygen atoms in total. The zero-order valence-electron chi connectivity index (χ0n) is 4.87. The Morgan fingerprint density at radius 3 is 1.20 bits per heavy atom. The van der Waals surface area contributed by atoms with Crippen LogP contribution in [0.1, 0.15) is 0 Å². The van der Waals surface area contributed by atoms with E-state index in [4.69, 9.17) is 10.2 Å². The molecule has 0 unspecified atom stereocenters. The first-order valence-corrected chi connectivity index (χ1v) is 1.77. The molecule has 0 aliphatic carbocycles. The number of carboxylic acid groups (broad SMARTS) is 2. The minimum Gasteiger partial charge on any atom is -0.478 e. The Kier molecular flexibility index (Phi) is 12.0. The highest BCUT2D eigenvalue weighted by Gasteiger charge is 1.88. The topological polar surface area (TPSA) is 138 Å². The van der Waals surface area contributed by atoms with Gasteiger partial charge in [0.15, 0.2) is 0 Å². The molecule has 0 aliphatic rings. The van der Waals surface area contributed by atoms with E-state index in [0.717, 1.165) is 0 Å². The van der Waals surface area contributed by atoms with Crippen molar-refractivity contribution in [1.82, 2.24) is 0 Å². The zero-order chi connectivity index (χ0) is 6.57. The highest BCUT2D eigenvalue weighted by Crippen LogP contribution is 1.70. The largest absolute Gasteiger partial charge is 0.478 e. The summed E-state index contributed by atoms with van der Waals surface area (Å²) in [5.41, 5.74) is 0. The van der Waals surface area contributed by atoms with Crippen molar-refractivity contribution in [2.45, 2.75) is 0 Å². The maximum absolute atomic E-state index is 9.55. The Morgan fingerprint density at radius 2 is 1.10 bits per heavy atom. The van der Waals surface area contributed by atoms with Gasteiger partial charge in [-0.1, -0.05) is 0 Å². The standard InChI is InChI=1S/C4H4O4.2H2O/c5-3(6)1-2-4(7)8;;/h1-2H,(H,5,6)(H,7,8);2*1H2/b2-1-;;. The Labute approximate surface area is 56.0 Å². The van der Waals surface area contributed by atoms with Gasteiger partial charge in [-0.05, 0) is 0 Å². The van der Waals surface area contributed by atoms with Crippen molar-refractivity contribution < 1.29 is 30.8 Å². The van der Waals surface area contributed by atoms with E-state index in [0.29, 0.717) is 12.2 Å². The van der Waals surface area contributed by atoms with Crippen LogP contribution in [0.25, 0.3) is 0 Å². The lowest BCUT2D eigenvalue weighted by molar-refractivity contribution is -0.134. The normalized spacial score (nSPS) is 7.60. The van der Waals surface area contributed by atoms with E-state index in [2.05, 4.69) is 0 Å². The van der Waals surface area contributed by atoms with Gasteiger partial charge in [0.25, 0.3) is 0 Å². The van der Waals surface area contributed by atoms with Gasteiger partial charge in [-0.25, -0.2) is 9.59 Å². The second kappa shape index (κ2) is 7.60. The molecule has 0 aromatic heterocycles. The second-order valence-electron chi connectivity index (χ2n) is 1.01. The Bertz CT molecular complexity index is 121. The van der Waals surface area contributed by atoms with Crippen LogP contribution in [-0.4, -0.2) is 33.1 Å². The number of aliphatic carboxylic acids is 2. The first kappa shape index (κ1) is 15.8. The zero-order valence-corrected chi connectivity index (χ0v) is 4.87. The highest BCUT2D eigenvalue weighted by atomic mass is 16.4. The van der Waals surface area contributed by atoms with Crippen molar-refractivity contribution in [3.63, 3.8) is 0 Å². The van der Waals surface area contributed by atoms with Crippen molar-refractivity contribution in [3.8, 4) is 0 Å². The maximum Gasteiger partial charge on any atom is 0.328 e. The smallest absolute Gasteiger partial charge is 0.328 e. The minimum atomic E-state index is -1.26. The summed E-state index contributed by atoms with van der Waals surface area (Å²) in [6.45, 7) is 0. The molecule has 0 heterocycles. The molecule has 0 saturated heterocycles. The monoisotopic (exact) mass is 152 g/mol. The highest BCUT2D eigenvalue weighted by molar-refractivity contribution is 5.89. The van der Waals surface area contributed by atoms with E-state index in [9.17, 15) is 9.59 Å². The first-order chi connectivity index (χ1) is 3.63. The summed E-state index contributed by atoms with van der Waals surface area (Å²) in [5.74, 6) is -2.51. The van der Waals surface area contributed by atoms with Gasteiger partial charge in [-0.2, -0.15) is 0 Å². The molecule has 0 bridgehead atoms.